The fraction of sp³-hybridized carbons (Fsp3) is 0.739. The van der Waals surface area contributed by atoms with Gasteiger partial charge < -0.3 is 4.74 Å². The van der Waals surface area contributed by atoms with Gasteiger partial charge in [-0.1, -0.05) is 64.5 Å². The van der Waals surface area contributed by atoms with E-state index in [4.69, 9.17) is 4.74 Å². The van der Waals surface area contributed by atoms with Gasteiger partial charge in [0.25, 0.3) is 0 Å². The molecule has 0 bridgehead atoms. The summed E-state index contributed by atoms with van der Waals surface area (Å²) in [4.78, 5) is 0. The molecule has 0 unspecified atom stereocenters. The van der Waals surface area contributed by atoms with Crippen LogP contribution >= 0.6 is 0 Å². The molecule has 0 spiro atoms. The van der Waals surface area contributed by atoms with Gasteiger partial charge in [-0.25, -0.2) is 0 Å². The summed E-state index contributed by atoms with van der Waals surface area (Å²) in [5.74, 6) is 4.68. The van der Waals surface area contributed by atoms with Gasteiger partial charge in [0, 0.05) is 0 Å². The van der Waals surface area contributed by atoms with Gasteiger partial charge in [0.15, 0.2) is 0 Å². The monoisotopic (exact) mass is 328 g/mol. The van der Waals surface area contributed by atoms with Crippen LogP contribution in [-0.2, 0) is 0 Å². The van der Waals surface area contributed by atoms with Crippen molar-refractivity contribution in [2.45, 2.75) is 84.0 Å². The van der Waals surface area contributed by atoms with E-state index in [0.29, 0.717) is 0 Å². The van der Waals surface area contributed by atoms with Gasteiger partial charge >= 0.3 is 0 Å². The highest BCUT2D eigenvalue weighted by Crippen LogP contribution is 2.36. The Bertz CT molecular complexity index is 461. The molecule has 1 aromatic carbocycles. The number of rotatable bonds is 6. The molecule has 0 aromatic heterocycles. The SMILES string of the molecule is CC1CCC(CCCOc2ccc(C3CCC(C)CC3)cc2)CC1. The van der Waals surface area contributed by atoms with Gasteiger partial charge in [0.2, 0.25) is 0 Å². The van der Waals surface area contributed by atoms with Gasteiger partial charge in [0.1, 0.15) is 5.75 Å². The van der Waals surface area contributed by atoms with Gasteiger partial charge in [-0.3, -0.25) is 0 Å². The summed E-state index contributed by atoms with van der Waals surface area (Å²) in [6.07, 6.45) is 13.8. The standard InChI is InChI=1S/C23H36O/c1-18-5-9-20(10-6-18)4-3-17-24-23-15-13-22(14-16-23)21-11-7-19(2)8-12-21/h13-16,18-21H,3-12,17H2,1-2H3. The fourth-order valence-electron chi connectivity index (χ4n) is 4.61. The molecule has 0 aliphatic heterocycles. The Morgan fingerprint density at radius 1 is 0.792 bits per heavy atom. The first-order valence-electron chi connectivity index (χ1n) is 10.4. The third-order valence-electron chi connectivity index (χ3n) is 6.53. The summed E-state index contributed by atoms with van der Waals surface area (Å²) in [6, 6.07) is 8.99. The molecule has 1 heteroatoms. The Balaban J connectivity index is 1.35. The lowest BCUT2D eigenvalue weighted by Gasteiger charge is -2.26. The van der Waals surface area contributed by atoms with Crippen LogP contribution in [0.3, 0.4) is 0 Å². The summed E-state index contributed by atoms with van der Waals surface area (Å²) in [5.41, 5.74) is 1.52. The summed E-state index contributed by atoms with van der Waals surface area (Å²) in [5, 5.41) is 0. The minimum Gasteiger partial charge on any atom is -0.494 e. The molecule has 0 radical (unpaired) electrons. The van der Waals surface area contributed by atoms with Crippen molar-refractivity contribution in [3.05, 3.63) is 29.8 Å². The van der Waals surface area contributed by atoms with E-state index in [0.717, 1.165) is 36.0 Å². The smallest absolute Gasteiger partial charge is 0.119 e. The number of hydrogen-bond acceptors (Lipinski definition) is 1. The Morgan fingerprint density at radius 3 is 2.00 bits per heavy atom. The average molecular weight is 329 g/mol. The maximum atomic E-state index is 5.98. The molecule has 1 nitrogen and oxygen atoms in total. The molecule has 0 amide bonds. The molecular weight excluding hydrogens is 292 g/mol. The third-order valence-corrected chi connectivity index (χ3v) is 6.53. The molecule has 0 atom stereocenters. The molecule has 2 fully saturated rings. The van der Waals surface area contributed by atoms with Crippen LogP contribution in [0.25, 0.3) is 0 Å². The van der Waals surface area contributed by atoms with Crippen molar-refractivity contribution in [1.29, 1.82) is 0 Å². The van der Waals surface area contributed by atoms with E-state index in [1.54, 1.807) is 0 Å². The summed E-state index contributed by atoms with van der Waals surface area (Å²) in [7, 11) is 0. The van der Waals surface area contributed by atoms with Crippen molar-refractivity contribution >= 4 is 0 Å². The second-order valence-electron chi connectivity index (χ2n) is 8.64. The van der Waals surface area contributed by atoms with Gasteiger partial charge in [-0.15, -0.1) is 0 Å². The zero-order valence-electron chi connectivity index (χ0n) is 15.8. The van der Waals surface area contributed by atoms with Crippen LogP contribution in [0.2, 0.25) is 0 Å². The van der Waals surface area contributed by atoms with Crippen LogP contribution in [0.5, 0.6) is 5.75 Å². The highest BCUT2D eigenvalue weighted by Gasteiger charge is 2.20. The van der Waals surface area contributed by atoms with Crippen molar-refractivity contribution in [2.24, 2.45) is 17.8 Å². The maximum Gasteiger partial charge on any atom is 0.119 e. The Labute approximate surface area is 149 Å². The van der Waals surface area contributed by atoms with Crippen LogP contribution in [0.1, 0.15) is 89.5 Å². The predicted molar refractivity (Wildman–Crippen MR) is 103 cm³/mol. The Kier molecular flexibility index (Phi) is 6.63. The molecule has 2 saturated carbocycles. The lowest BCUT2D eigenvalue weighted by molar-refractivity contribution is 0.245. The second kappa shape index (κ2) is 8.92. The fourth-order valence-corrected chi connectivity index (χ4v) is 4.61. The average Bonchev–Trinajstić information content (AvgIpc) is 2.62. The van der Waals surface area contributed by atoms with Crippen molar-refractivity contribution < 1.29 is 4.74 Å². The van der Waals surface area contributed by atoms with Crippen LogP contribution in [0.15, 0.2) is 24.3 Å². The van der Waals surface area contributed by atoms with Crippen molar-refractivity contribution in [3.63, 3.8) is 0 Å². The number of ether oxygens (including phenoxy) is 1. The van der Waals surface area contributed by atoms with Gasteiger partial charge in [-0.2, -0.15) is 0 Å². The van der Waals surface area contributed by atoms with Crippen molar-refractivity contribution in [3.8, 4) is 5.75 Å². The topological polar surface area (TPSA) is 9.23 Å². The van der Waals surface area contributed by atoms with E-state index in [-0.39, 0.29) is 0 Å². The van der Waals surface area contributed by atoms with Crippen LogP contribution in [0, 0.1) is 17.8 Å². The minimum atomic E-state index is 0.781. The van der Waals surface area contributed by atoms with E-state index >= 15 is 0 Å². The number of hydrogen-bond donors (Lipinski definition) is 0. The van der Waals surface area contributed by atoms with Gasteiger partial charge in [-0.05, 0) is 67.1 Å². The van der Waals surface area contributed by atoms with Crippen molar-refractivity contribution in [1.82, 2.24) is 0 Å². The normalized spacial score (nSPS) is 30.9. The van der Waals surface area contributed by atoms with E-state index in [9.17, 15) is 0 Å². The lowest BCUT2D eigenvalue weighted by Crippen LogP contribution is -2.13. The maximum absolute atomic E-state index is 5.98. The second-order valence-corrected chi connectivity index (χ2v) is 8.64. The highest BCUT2D eigenvalue weighted by molar-refractivity contribution is 5.29. The highest BCUT2D eigenvalue weighted by atomic mass is 16.5. The zero-order chi connectivity index (χ0) is 16.8. The summed E-state index contributed by atoms with van der Waals surface area (Å²) >= 11 is 0. The molecule has 2 aliphatic carbocycles. The molecular formula is C23H36O. The molecule has 1 aromatic rings. The first kappa shape index (κ1) is 17.8. The summed E-state index contributed by atoms with van der Waals surface area (Å²) in [6.45, 7) is 5.67. The predicted octanol–water partition coefficient (Wildman–Crippen LogP) is 6.97. The lowest BCUT2D eigenvalue weighted by atomic mass is 9.79. The molecule has 134 valence electrons. The molecule has 0 N–H and O–H groups in total. The van der Waals surface area contributed by atoms with E-state index in [1.807, 2.05) is 0 Å². The van der Waals surface area contributed by atoms with Crippen LogP contribution in [0.4, 0.5) is 0 Å². The molecule has 0 heterocycles. The van der Waals surface area contributed by atoms with Crippen LogP contribution < -0.4 is 4.74 Å². The molecule has 2 aliphatic rings. The third kappa shape index (κ3) is 5.26. The molecule has 24 heavy (non-hydrogen) atoms. The van der Waals surface area contributed by atoms with Crippen LogP contribution in [-0.4, -0.2) is 6.61 Å². The Hall–Kier alpha value is -0.980. The number of benzene rings is 1. The van der Waals surface area contributed by atoms with E-state index in [1.165, 1.54) is 69.8 Å². The first-order chi connectivity index (χ1) is 11.7. The summed E-state index contributed by atoms with van der Waals surface area (Å²) < 4.78 is 5.98. The van der Waals surface area contributed by atoms with E-state index in [2.05, 4.69) is 38.1 Å². The largest absolute Gasteiger partial charge is 0.494 e. The van der Waals surface area contributed by atoms with Gasteiger partial charge in [0.05, 0.1) is 6.61 Å². The molecule has 3 rings (SSSR count). The zero-order valence-corrected chi connectivity index (χ0v) is 15.8. The quantitative estimate of drug-likeness (QED) is 0.512. The minimum absolute atomic E-state index is 0.781. The van der Waals surface area contributed by atoms with E-state index < -0.39 is 0 Å². The Morgan fingerprint density at radius 2 is 1.38 bits per heavy atom. The van der Waals surface area contributed by atoms with Crippen molar-refractivity contribution in [2.75, 3.05) is 6.61 Å². The first-order valence-corrected chi connectivity index (χ1v) is 10.4. The molecule has 0 saturated heterocycles.